The number of carboxylic acid groups (broad SMARTS) is 2. The Balaban J connectivity index is 3.20. The molecule has 0 aliphatic heterocycles. The maximum Gasteiger partial charge on any atom is 0.0718 e. The summed E-state index contributed by atoms with van der Waals surface area (Å²) in [5, 5.41) is 22.9. The third-order valence-electron chi connectivity index (χ3n) is 4.29. The van der Waals surface area contributed by atoms with Gasteiger partial charge >= 0.3 is 0 Å². The van der Waals surface area contributed by atoms with E-state index in [9.17, 15) is 19.8 Å². The van der Waals surface area contributed by atoms with Crippen molar-refractivity contribution >= 4 is 11.9 Å². The number of carboxylic acids is 2. The van der Waals surface area contributed by atoms with Gasteiger partial charge in [0.25, 0.3) is 0 Å². The summed E-state index contributed by atoms with van der Waals surface area (Å²) in [6.07, 6.45) is 4.69. The molecule has 0 fully saturated rings. The Morgan fingerprint density at radius 3 is 1.38 bits per heavy atom. The van der Waals surface area contributed by atoms with E-state index in [4.69, 9.17) is 0 Å². The predicted molar refractivity (Wildman–Crippen MR) is 90.7 cm³/mol. The minimum atomic E-state index is -1.25. The maximum absolute atomic E-state index is 11.5. The van der Waals surface area contributed by atoms with Crippen molar-refractivity contribution in [2.24, 2.45) is 11.8 Å². The van der Waals surface area contributed by atoms with E-state index in [1.807, 2.05) is 0 Å². The van der Waals surface area contributed by atoms with E-state index in [1.165, 1.54) is 12.1 Å². The molecule has 0 saturated carbocycles. The summed E-state index contributed by atoms with van der Waals surface area (Å²) < 4.78 is 0. The largest absolute Gasteiger partial charge is 0.545 e. The van der Waals surface area contributed by atoms with Gasteiger partial charge in [0.2, 0.25) is 0 Å². The van der Waals surface area contributed by atoms with Gasteiger partial charge in [-0.1, -0.05) is 52.7 Å². The number of rotatable bonds is 10. The molecule has 0 amide bonds. The van der Waals surface area contributed by atoms with Crippen LogP contribution in [0.25, 0.3) is 0 Å². The van der Waals surface area contributed by atoms with Crippen LogP contribution in [-0.2, 0) is 12.8 Å². The molecule has 0 aromatic heterocycles. The molecule has 0 spiro atoms. The fourth-order valence-corrected chi connectivity index (χ4v) is 3.02. The number of hydrogen-bond acceptors (Lipinski definition) is 4. The van der Waals surface area contributed by atoms with E-state index >= 15 is 0 Å². The Kier molecular flexibility index (Phi) is 7.96. The number of benzene rings is 1. The van der Waals surface area contributed by atoms with Crippen LogP contribution in [0.1, 0.15) is 85.2 Å². The molecule has 1 aromatic carbocycles. The van der Waals surface area contributed by atoms with Crippen molar-refractivity contribution in [3.63, 3.8) is 0 Å². The molecular formula is C20H28O4-2. The van der Waals surface area contributed by atoms with Crippen LogP contribution in [0.4, 0.5) is 0 Å². The second-order valence-electron chi connectivity index (χ2n) is 7.26. The zero-order valence-corrected chi connectivity index (χ0v) is 15.2. The van der Waals surface area contributed by atoms with Gasteiger partial charge in [-0.05, 0) is 48.6 Å². The third-order valence-corrected chi connectivity index (χ3v) is 4.29. The van der Waals surface area contributed by atoms with Gasteiger partial charge in [0.1, 0.15) is 0 Å². The SMILES string of the molecule is CC(C)CCCc1c(C(=O)[O-])ccc(C(=O)[O-])c1CCCC(C)C. The highest BCUT2D eigenvalue weighted by molar-refractivity contribution is 5.93. The van der Waals surface area contributed by atoms with Gasteiger partial charge < -0.3 is 19.8 Å². The Labute approximate surface area is 144 Å². The van der Waals surface area contributed by atoms with Gasteiger partial charge in [-0.15, -0.1) is 0 Å². The molecule has 4 nitrogen and oxygen atoms in total. The molecule has 1 aromatic rings. The highest BCUT2D eigenvalue weighted by atomic mass is 16.4. The van der Waals surface area contributed by atoms with E-state index in [2.05, 4.69) is 27.7 Å². The van der Waals surface area contributed by atoms with Gasteiger partial charge in [-0.3, -0.25) is 0 Å². The smallest absolute Gasteiger partial charge is 0.0718 e. The van der Waals surface area contributed by atoms with Crippen molar-refractivity contribution < 1.29 is 19.8 Å². The summed E-state index contributed by atoms with van der Waals surface area (Å²) in [7, 11) is 0. The first kappa shape index (κ1) is 20.2. The predicted octanol–water partition coefficient (Wildman–Crippen LogP) is 2.37. The molecule has 0 unspecified atom stereocenters. The molecule has 0 N–H and O–H groups in total. The lowest BCUT2D eigenvalue weighted by atomic mass is 9.88. The Bertz CT molecular complexity index is 522. The van der Waals surface area contributed by atoms with Crippen molar-refractivity contribution in [2.45, 2.75) is 66.2 Å². The number of carbonyl (C=O) groups excluding carboxylic acids is 2. The van der Waals surface area contributed by atoms with Crippen molar-refractivity contribution in [3.8, 4) is 0 Å². The standard InChI is InChI=1S/C20H30O4/c1-13(2)7-5-9-15-16(10-6-8-14(3)4)18(20(23)24)12-11-17(15)19(21)22/h11-14H,5-10H2,1-4H3,(H,21,22)(H,23,24)/p-2. The van der Waals surface area contributed by atoms with Crippen molar-refractivity contribution in [3.05, 3.63) is 34.4 Å². The summed E-state index contributed by atoms with van der Waals surface area (Å²) in [6, 6.07) is 2.69. The maximum atomic E-state index is 11.5. The molecule has 0 atom stereocenters. The lowest BCUT2D eigenvalue weighted by Gasteiger charge is -2.21. The van der Waals surface area contributed by atoms with Crippen molar-refractivity contribution in [2.75, 3.05) is 0 Å². The summed E-state index contributed by atoms with van der Waals surface area (Å²) in [5.74, 6) is -1.45. The van der Waals surface area contributed by atoms with Crippen molar-refractivity contribution in [1.29, 1.82) is 0 Å². The second kappa shape index (κ2) is 9.45. The van der Waals surface area contributed by atoms with Crippen LogP contribution >= 0.6 is 0 Å². The Hall–Kier alpha value is -1.84. The first-order valence-electron chi connectivity index (χ1n) is 8.81. The molecule has 0 radical (unpaired) electrons. The van der Waals surface area contributed by atoms with E-state index in [0.29, 0.717) is 35.8 Å². The topological polar surface area (TPSA) is 80.3 Å². The van der Waals surface area contributed by atoms with E-state index in [-0.39, 0.29) is 11.1 Å². The minimum absolute atomic E-state index is 0.114. The van der Waals surface area contributed by atoms with Crippen LogP contribution < -0.4 is 10.2 Å². The van der Waals surface area contributed by atoms with Gasteiger partial charge in [0.05, 0.1) is 11.9 Å². The second-order valence-corrected chi connectivity index (χ2v) is 7.26. The van der Waals surface area contributed by atoms with E-state index < -0.39 is 11.9 Å². The minimum Gasteiger partial charge on any atom is -0.545 e. The lowest BCUT2D eigenvalue weighted by Crippen LogP contribution is -2.28. The van der Waals surface area contributed by atoms with Crippen LogP contribution in [0.15, 0.2) is 12.1 Å². The quantitative estimate of drug-likeness (QED) is 0.659. The van der Waals surface area contributed by atoms with Gasteiger partial charge in [-0.2, -0.15) is 0 Å². The van der Waals surface area contributed by atoms with Crippen LogP contribution in [0, 0.1) is 11.8 Å². The first-order chi connectivity index (χ1) is 11.2. The molecule has 1 rings (SSSR count). The highest BCUT2D eigenvalue weighted by Gasteiger charge is 2.15. The lowest BCUT2D eigenvalue weighted by molar-refractivity contribution is -0.256. The fourth-order valence-electron chi connectivity index (χ4n) is 3.02. The molecule has 134 valence electrons. The highest BCUT2D eigenvalue weighted by Crippen LogP contribution is 2.25. The monoisotopic (exact) mass is 332 g/mol. The third kappa shape index (κ3) is 5.99. The number of hydrogen-bond donors (Lipinski definition) is 0. The van der Waals surface area contributed by atoms with E-state index in [0.717, 1.165) is 25.7 Å². The summed E-state index contributed by atoms with van der Waals surface area (Å²) in [6.45, 7) is 8.45. The molecular weight excluding hydrogens is 304 g/mol. The van der Waals surface area contributed by atoms with Crippen LogP contribution in [-0.4, -0.2) is 11.9 Å². The molecule has 0 bridgehead atoms. The summed E-state index contributed by atoms with van der Waals surface area (Å²) in [4.78, 5) is 22.9. The fraction of sp³-hybridized carbons (Fsp3) is 0.600. The van der Waals surface area contributed by atoms with Crippen LogP contribution in [0.2, 0.25) is 0 Å². The zero-order valence-electron chi connectivity index (χ0n) is 15.2. The van der Waals surface area contributed by atoms with Gasteiger partial charge in [0.15, 0.2) is 0 Å². The molecule has 4 heteroatoms. The molecule has 0 aliphatic rings. The summed E-state index contributed by atoms with van der Waals surface area (Å²) in [5.41, 5.74) is 1.45. The Morgan fingerprint density at radius 1 is 0.792 bits per heavy atom. The molecule has 0 heterocycles. The average Bonchev–Trinajstić information content (AvgIpc) is 2.46. The molecule has 0 saturated heterocycles. The van der Waals surface area contributed by atoms with E-state index in [1.54, 1.807) is 0 Å². The average molecular weight is 332 g/mol. The summed E-state index contributed by atoms with van der Waals surface area (Å²) >= 11 is 0. The van der Waals surface area contributed by atoms with Gasteiger partial charge in [-0.25, -0.2) is 0 Å². The van der Waals surface area contributed by atoms with Crippen LogP contribution in [0.3, 0.4) is 0 Å². The molecule has 24 heavy (non-hydrogen) atoms. The van der Waals surface area contributed by atoms with Gasteiger partial charge in [0, 0.05) is 11.1 Å². The normalized spacial score (nSPS) is 11.2. The Morgan fingerprint density at radius 2 is 1.12 bits per heavy atom. The van der Waals surface area contributed by atoms with Crippen molar-refractivity contribution in [1.82, 2.24) is 0 Å². The zero-order chi connectivity index (χ0) is 18.3. The number of carbonyl (C=O) groups is 2. The number of aromatic carboxylic acids is 2. The first-order valence-corrected chi connectivity index (χ1v) is 8.81. The molecule has 0 aliphatic carbocycles. The van der Waals surface area contributed by atoms with Crippen LogP contribution in [0.5, 0.6) is 0 Å².